The summed E-state index contributed by atoms with van der Waals surface area (Å²) in [5.74, 6) is 0.287. The lowest BCUT2D eigenvalue weighted by molar-refractivity contribution is -0.113. The summed E-state index contributed by atoms with van der Waals surface area (Å²) in [5.41, 5.74) is 3.06. The van der Waals surface area contributed by atoms with E-state index in [4.69, 9.17) is 4.74 Å². The molecule has 0 aliphatic rings. The minimum Gasteiger partial charge on any atom is -0.462 e. The van der Waals surface area contributed by atoms with E-state index in [1.807, 2.05) is 35.7 Å². The number of thioether (sulfide) groups is 1. The molecular weight excluding hydrogens is 501 g/mol. The number of nitrogens with one attached hydrogen (secondary N) is 1. The van der Waals surface area contributed by atoms with E-state index in [1.54, 1.807) is 18.3 Å². The standard InChI is InChI=1S/C25H26N4O3S3/c1-4-11-29-22(18-12-16(3)33-13-18)27-28-25(29)35-15-20(30)26-23-21(24(31)32-5-2)19(14-34-23)17-9-7-6-8-10-17/h6-10,12-14H,4-5,11,15H2,1-3H3,(H,26,30). The molecule has 0 atom stereocenters. The topological polar surface area (TPSA) is 86.1 Å². The Morgan fingerprint density at radius 2 is 1.89 bits per heavy atom. The molecule has 4 aromatic rings. The van der Waals surface area contributed by atoms with Crippen molar-refractivity contribution in [1.82, 2.24) is 14.8 Å². The van der Waals surface area contributed by atoms with Gasteiger partial charge in [-0.3, -0.25) is 4.79 Å². The minimum atomic E-state index is -0.450. The number of esters is 1. The molecule has 182 valence electrons. The van der Waals surface area contributed by atoms with Gasteiger partial charge < -0.3 is 14.6 Å². The molecule has 1 N–H and O–H groups in total. The van der Waals surface area contributed by atoms with Gasteiger partial charge >= 0.3 is 5.97 Å². The Morgan fingerprint density at radius 1 is 1.09 bits per heavy atom. The van der Waals surface area contributed by atoms with Crippen molar-refractivity contribution in [2.24, 2.45) is 0 Å². The van der Waals surface area contributed by atoms with Crippen LogP contribution in [-0.2, 0) is 16.1 Å². The number of hydrogen-bond acceptors (Lipinski definition) is 8. The Bertz CT molecular complexity index is 1310. The Hall–Kier alpha value is -2.95. The number of anilines is 1. The van der Waals surface area contributed by atoms with Crippen LogP contribution in [-0.4, -0.2) is 39.0 Å². The number of hydrogen-bond donors (Lipinski definition) is 1. The summed E-state index contributed by atoms with van der Waals surface area (Å²) in [5, 5.41) is 16.8. The zero-order valence-electron chi connectivity index (χ0n) is 19.7. The molecule has 3 aromatic heterocycles. The maximum Gasteiger partial charge on any atom is 0.341 e. The average molecular weight is 527 g/mol. The largest absolute Gasteiger partial charge is 0.462 e. The molecule has 0 unspecified atom stereocenters. The number of carbonyl (C=O) groups excluding carboxylic acids is 2. The normalized spacial score (nSPS) is 10.9. The molecule has 0 aliphatic heterocycles. The lowest BCUT2D eigenvalue weighted by Gasteiger charge is -2.10. The fourth-order valence-electron chi connectivity index (χ4n) is 3.57. The average Bonchev–Trinajstić information content (AvgIpc) is 3.57. The van der Waals surface area contributed by atoms with Crippen molar-refractivity contribution in [3.05, 3.63) is 57.6 Å². The van der Waals surface area contributed by atoms with Crippen LogP contribution < -0.4 is 5.32 Å². The highest BCUT2D eigenvalue weighted by molar-refractivity contribution is 7.99. The number of ether oxygens (including phenoxy) is 1. The van der Waals surface area contributed by atoms with Crippen molar-refractivity contribution >= 4 is 51.3 Å². The van der Waals surface area contributed by atoms with Gasteiger partial charge in [0.2, 0.25) is 5.91 Å². The molecule has 0 aliphatic carbocycles. The van der Waals surface area contributed by atoms with Crippen molar-refractivity contribution < 1.29 is 14.3 Å². The van der Waals surface area contributed by atoms with E-state index >= 15 is 0 Å². The van der Waals surface area contributed by atoms with E-state index in [0.29, 0.717) is 15.7 Å². The molecule has 0 saturated carbocycles. The molecule has 0 bridgehead atoms. The summed E-state index contributed by atoms with van der Waals surface area (Å²) in [6, 6.07) is 11.7. The van der Waals surface area contributed by atoms with Crippen LogP contribution in [0.4, 0.5) is 5.00 Å². The Labute approximate surface area is 216 Å². The fraction of sp³-hybridized carbons (Fsp3) is 0.280. The van der Waals surface area contributed by atoms with Gasteiger partial charge in [0.25, 0.3) is 0 Å². The van der Waals surface area contributed by atoms with E-state index in [0.717, 1.165) is 35.5 Å². The highest BCUT2D eigenvalue weighted by Gasteiger charge is 2.23. The van der Waals surface area contributed by atoms with Gasteiger partial charge in [0.1, 0.15) is 10.6 Å². The third-order valence-electron chi connectivity index (χ3n) is 5.09. The second kappa shape index (κ2) is 11.7. The predicted molar refractivity (Wildman–Crippen MR) is 143 cm³/mol. The second-order valence-corrected chi connectivity index (χ2v) is 10.6. The van der Waals surface area contributed by atoms with Crippen LogP contribution in [0.1, 0.15) is 35.5 Å². The Balaban J connectivity index is 1.51. The lowest BCUT2D eigenvalue weighted by atomic mass is 10.0. The van der Waals surface area contributed by atoms with E-state index in [-0.39, 0.29) is 18.3 Å². The minimum absolute atomic E-state index is 0.144. The monoisotopic (exact) mass is 526 g/mol. The van der Waals surface area contributed by atoms with Crippen LogP contribution in [0.15, 0.2) is 52.3 Å². The van der Waals surface area contributed by atoms with Crippen molar-refractivity contribution in [2.45, 2.75) is 38.9 Å². The number of aromatic nitrogens is 3. The van der Waals surface area contributed by atoms with Gasteiger partial charge in [-0.2, -0.15) is 0 Å². The number of rotatable bonds is 10. The van der Waals surface area contributed by atoms with Crippen LogP contribution in [0.2, 0.25) is 0 Å². The number of carbonyl (C=O) groups is 2. The Morgan fingerprint density at radius 3 is 2.57 bits per heavy atom. The molecule has 0 spiro atoms. The first-order valence-corrected chi connectivity index (χ1v) is 14.0. The van der Waals surface area contributed by atoms with E-state index in [1.165, 1.54) is 28.0 Å². The van der Waals surface area contributed by atoms with Gasteiger partial charge in [-0.15, -0.1) is 32.9 Å². The number of aryl methyl sites for hydroxylation is 1. The number of benzene rings is 1. The molecule has 1 amide bonds. The number of nitrogens with zero attached hydrogens (tertiary/aromatic N) is 3. The maximum absolute atomic E-state index is 12.9. The van der Waals surface area contributed by atoms with Gasteiger partial charge in [-0.05, 0) is 31.9 Å². The van der Waals surface area contributed by atoms with Crippen molar-refractivity contribution in [1.29, 1.82) is 0 Å². The van der Waals surface area contributed by atoms with Gasteiger partial charge in [0.15, 0.2) is 11.0 Å². The van der Waals surface area contributed by atoms with Crippen LogP contribution in [0.5, 0.6) is 0 Å². The maximum atomic E-state index is 12.9. The SMILES string of the molecule is CCCn1c(SCC(=O)Nc2scc(-c3ccccc3)c2C(=O)OCC)nnc1-c1csc(C)c1. The third kappa shape index (κ3) is 5.83. The predicted octanol–water partition coefficient (Wildman–Crippen LogP) is 6.36. The first kappa shape index (κ1) is 25.2. The zero-order chi connectivity index (χ0) is 24.8. The van der Waals surface area contributed by atoms with Crippen LogP contribution in [0, 0.1) is 6.92 Å². The summed E-state index contributed by atoms with van der Waals surface area (Å²) in [4.78, 5) is 26.8. The number of thiophene rings is 2. The molecule has 4 rings (SSSR count). The summed E-state index contributed by atoms with van der Waals surface area (Å²) >= 11 is 4.32. The fourth-order valence-corrected chi connectivity index (χ4v) is 5.99. The van der Waals surface area contributed by atoms with E-state index in [9.17, 15) is 9.59 Å². The van der Waals surface area contributed by atoms with Gasteiger partial charge in [0, 0.05) is 33.3 Å². The molecule has 0 fully saturated rings. The molecule has 1 aromatic carbocycles. The summed E-state index contributed by atoms with van der Waals surface area (Å²) < 4.78 is 7.34. The third-order valence-corrected chi connectivity index (χ3v) is 7.82. The smallest absolute Gasteiger partial charge is 0.341 e. The van der Waals surface area contributed by atoms with E-state index < -0.39 is 5.97 Å². The van der Waals surface area contributed by atoms with Crippen LogP contribution in [0.25, 0.3) is 22.5 Å². The number of amides is 1. The van der Waals surface area contributed by atoms with Crippen molar-refractivity contribution in [2.75, 3.05) is 17.7 Å². The van der Waals surface area contributed by atoms with Crippen molar-refractivity contribution in [3.8, 4) is 22.5 Å². The summed E-state index contributed by atoms with van der Waals surface area (Å²) in [7, 11) is 0. The lowest BCUT2D eigenvalue weighted by Crippen LogP contribution is -2.17. The molecule has 0 radical (unpaired) electrons. The molecule has 0 saturated heterocycles. The molecule has 3 heterocycles. The molecular formula is C25H26N4O3S3. The van der Waals surface area contributed by atoms with Gasteiger partial charge in [-0.1, -0.05) is 49.0 Å². The van der Waals surface area contributed by atoms with Crippen LogP contribution in [0.3, 0.4) is 0 Å². The highest BCUT2D eigenvalue weighted by atomic mass is 32.2. The molecule has 35 heavy (non-hydrogen) atoms. The summed E-state index contributed by atoms with van der Waals surface area (Å²) in [6.07, 6.45) is 0.925. The first-order chi connectivity index (χ1) is 17.0. The zero-order valence-corrected chi connectivity index (χ0v) is 22.2. The highest BCUT2D eigenvalue weighted by Crippen LogP contribution is 2.36. The van der Waals surface area contributed by atoms with Gasteiger partial charge in [0.05, 0.1) is 12.4 Å². The van der Waals surface area contributed by atoms with Gasteiger partial charge in [-0.25, -0.2) is 4.79 Å². The molecule has 10 heteroatoms. The van der Waals surface area contributed by atoms with Crippen molar-refractivity contribution in [3.63, 3.8) is 0 Å². The molecule has 7 nitrogen and oxygen atoms in total. The summed E-state index contributed by atoms with van der Waals surface area (Å²) in [6.45, 7) is 6.94. The first-order valence-electron chi connectivity index (χ1n) is 11.3. The second-order valence-electron chi connectivity index (χ2n) is 7.68. The van der Waals surface area contributed by atoms with Crippen LogP contribution >= 0.6 is 34.4 Å². The van der Waals surface area contributed by atoms with E-state index in [2.05, 4.69) is 45.4 Å². The quantitative estimate of drug-likeness (QED) is 0.191. The Kier molecular flexibility index (Phi) is 8.37.